The fourth-order valence-electron chi connectivity index (χ4n) is 1.69. The summed E-state index contributed by atoms with van der Waals surface area (Å²) >= 11 is 3.18. The average molecular weight is 323 g/mol. The normalized spacial score (nSPS) is 11.9. The van der Waals surface area contributed by atoms with Crippen molar-refractivity contribution in [1.82, 2.24) is 10.3 Å². The van der Waals surface area contributed by atoms with Crippen molar-refractivity contribution in [3.8, 4) is 0 Å². The van der Waals surface area contributed by atoms with E-state index in [1.54, 1.807) is 37.4 Å². The Balaban J connectivity index is 2.18. The van der Waals surface area contributed by atoms with Crippen LogP contribution >= 0.6 is 15.9 Å². The monoisotopic (exact) mass is 322 g/mol. The molecular formula is C14H12BrFN2O. The minimum absolute atomic E-state index is 0.00489. The maximum atomic E-state index is 13.6. The van der Waals surface area contributed by atoms with Crippen LogP contribution in [0.25, 0.3) is 0 Å². The van der Waals surface area contributed by atoms with Crippen molar-refractivity contribution in [2.45, 2.75) is 13.0 Å². The molecule has 3 nitrogen and oxygen atoms in total. The topological polar surface area (TPSA) is 42.0 Å². The summed E-state index contributed by atoms with van der Waals surface area (Å²) in [6.07, 6.45) is 1.65. The van der Waals surface area contributed by atoms with Crippen molar-refractivity contribution in [1.29, 1.82) is 0 Å². The van der Waals surface area contributed by atoms with Crippen molar-refractivity contribution in [3.63, 3.8) is 0 Å². The summed E-state index contributed by atoms with van der Waals surface area (Å²) in [6, 6.07) is 9.57. The highest BCUT2D eigenvalue weighted by molar-refractivity contribution is 9.10. The molecule has 1 N–H and O–H groups in total. The molecule has 0 aliphatic heterocycles. The van der Waals surface area contributed by atoms with Gasteiger partial charge in [0.2, 0.25) is 0 Å². The van der Waals surface area contributed by atoms with E-state index in [2.05, 4.69) is 26.2 Å². The maximum absolute atomic E-state index is 13.6. The van der Waals surface area contributed by atoms with E-state index in [9.17, 15) is 9.18 Å². The van der Waals surface area contributed by atoms with E-state index in [1.165, 1.54) is 6.07 Å². The van der Waals surface area contributed by atoms with Crippen LogP contribution in [-0.4, -0.2) is 10.9 Å². The number of rotatable bonds is 3. The molecule has 1 heterocycles. The first kappa shape index (κ1) is 13.7. The van der Waals surface area contributed by atoms with Crippen LogP contribution < -0.4 is 5.32 Å². The van der Waals surface area contributed by atoms with Crippen LogP contribution in [0.15, 0.2) is 47.1 Å². The Morgan fingerprint density at radius 3 is 2.74 bits per heavy atom. The van der Waals surface area contributed by atoms with Gasteiger partial charge in [0, 0.05) is 10.7 Å². The molecule has 0 aliphatic carbocycles. The number of hydrogen-bond acceptors (Lipinski definition) is 2. The molecule has 5 heteroatoms. The first-order chi connectivity index (χ1) is 9.09. The van der Waals surface area contributed by atoms with Gasteiger partial charge < -0.3 is 5.32 Å². The molecule has 98 valence electrons. The fourth-order valence-corrected chi connectivity index (χ4v) is 2.21. The van der Waals surface area contributed by atoms with E-state index in [-0.39, 0.29) is 11.6 Å². The molecule has 0 radical (unpaired) electrons. The summed E-state index contributed by atoms with van der Waals surface area (Å²) in [6.45, 7) is 1.80. The molecule has 2 rings (SSSR count). The lowest BCUT2D eigenvalue weighted by Crippen LogP contribution is -2.28. The maximum Gasteiger partial charge on any atom is 0.255 e. The third-order valence-electron chi connectivity index (χ3n) is 2.67. The van der Waals surface area contributed by atoms with E-state index < -0.39 is 11.7 Å². The highest BCUT2D eigenvalue weighted by atomic mass is 79.9. The largest absolute Gasteiger partial charge is 0.344 e. The molecular weight excluding hydrogens is 311 g/mol. The van der Waals surface area contributed by atoms with Gasteiger partial charge in [0.15, 0.2) is 0 Å². The van der Waals surface area contributed by atoms with Gasteiger partial charge in [-0.25, -0.2) is 4.39 Å². The van der Waals surface area contributed by atoms with Gasteiger partial charge in [-0.3, -0.25) is 9.78 Å². The molecule has 0 aliphatic rings. The zero-order valence-electron chi connectivity index (χ0n) is 10.2. The molecule has 0 saturated carbocycles. The molecule has 0 saturated heterocycles. The number of carbonyl (C=O) groups excluding carboxylic acids is 1. The summed E-state index contributed by atoms with van der Waals surface area (Å²) in [4.78, 5) is 16.2. The summed E-state index contributed by atoms with van der Waals surface area (Å²) in [5.74, 6) is -1.02. The van der Waals surface area contributed by atoms with Crippen LogP contribution in [0, 0.1) is 5.82 Å². The zero-order chi connectivity index (χ0) is 13.8. The second-order valence-electron chi connectivity index (χ2n) is 4.05. The van der Waals surface area contributed by atoms with Gasteiger partial charge in [0.1, 0.15) is 5.82 Å². The molecule has 2 aromatic rings. The van der Waals surface area contributed by atoms with Gasteiger partial charge in [-0.2, -0.15) is 0 Å². The van der Waals surface area contributed by atoms with Gasteiger partial charge in [-0.05, 0) is 47.1 Å². The highest BCUT2D eigenvalue weighted by Gasteiger charge is 2.18. The average Bonchev–Trinajstić information content (AvgIpc) is 2.39. The summed E-state index contributed by atoms with van der Waals surface area (Å²) in [7, 11) is 0. The summed E-state index contributed by atoms with van der Waals surface area (Å²) < 4.78 is 14.1. The minimum atomic E-state index is -0.555. The second kappa shape index (κ2) is 5.93. The summed E-state index contributed by atoms with van der Waals surface area (Å²) in [5.41, 5.74) is 0.730. The Morgan fingerprint density at radius 1 is 1.32 bits per heavy atom. The lowest BCUT2D eigenvalue weighted by Gasteiger charge is -2.14. The molecule has 1 aromatic heterocycles. The number of carbonyl (C=O) groups is 1. The van der Waals surface area contributed by atoms with E-state index in [0.717, 1.165) is 5.69 Å². The molecule has 19 heavy (non-hydrogen) atoms. The molecule has 1 aromatic carbocycles. The van der Waals surface area contributed by atoms with E-state index in [0.29, 0.717) is 4.47 Å². The molecule has 0 bridgehead atoms. The smallest absolute Gasteiger partial charge is 0.255 e. The van der Waals surface area contributed by atoms with Crippen LogP contribution in [0.3, 0.4) is 0 Å². The number of hydrogen-bond donors (Lipinski definition) is 1. The van der Waals surface area contributed by atoms with E-state index >= 15 is 0 Å². The van der Waals surface area contributed by atoms with Crippen molar-refractivity contribution in [3.05, 3.63) is 64.1 Å². The first-order valence-electron chi connectivity index (χ1n) is 5.75. The number of nitrogens with one attached hydrogen (secondary N) is 1. The third kappa shape index (κ3) is 3.17. The predicted octanol–water partition coefficient (Wildman–Crippen LogP) is 3.47. The molecule has 1 unspecified atom stereocenters. The predicted molar refractivity (Wildman–Crippen MR) is 74.2 cm³/mol. The fraction of sp³-hybridized carbons (Fsp3) is 0.143. The number of nitrogens with zero attached hydrogens (tertiary/aromatic N) is 1. The van der Waals surface area contributed by atoms with Crippen LogP contribution in [-0.2, 0) is 0 Å². The quantitative estimate of drug-likeness (QED) is 0.940. The van der Waals surface area contributed by atoms with Crippen molar-refractivity contribution < 1.29 is 9.18 Å². The van der Waals surface area contributed by atoms with Gasteiger partial charge >= 0.3 is 0 Å². The Kier molecular flexibility index (Phi) is 4.27. The number of pyridine rings is 1. The SMILES string of the molecule is CC(NC(=O)c1c(F)cccc1Br)c1ccccn1. The Labute approximate surface area is 119 Å². The molecule has 0 spiro atoms. The van der Waals surface area contributed by atoms with Crippen LogP contribution in [0.1, 0.15) is 29.0 Å². The number of aromatic nitrogens is 1. The highest BCUT2D eigenvalue weighted by Crippen LogP contribution is 2.20. The molecule has 0 fully saturated rings. The lowest BCUT2D eigenvalue weighted by atomic mass is 10.1. The lowest BCUT2D eigenvalue weighted by molar-refractivity contribution is 0.0934. The Hall–Kier alpha value is -1.75. The second-order valence-corrected chi connectivity index (χ2v) is 4.90. The number of halogens is 2. The zero-order valence-corrected chi connectivity index (χ0v) is 11.8. The minimum Gasteiger partial charge on any atom is -0.344 e. The number of amides is 1. The van der Waals surface area contributed by atoms with Crippen molar-refractivity contribution in [2.75, 3.05) is 0 Å². The molecule has 1 atom stereocenters. The Morgan fingerprint density at radius 2 is 2.11 bits per heavy atom. The van der Waals surface area contributed by atoms with Gasteiger partial charge in [-0.15, -0.1) is 0 Å². The third-order valence-corrected chi connectivity index (χ3v) is 3.33. The van der Waals surface area contributed by atoms with Gasteiger partial charge in [0.25, 0.3) is 5.91 Å². The van der Waals surface area contributed by atoms with Crippen molar-refractivity contribution in [2.24, 2.45) is 0 Å². The molecule has 1 amide bonds. The van der Waals surface area contributed by atoms with Crippen molar-refractivity contribution >= 4 is 21.8 Å². The van der Waals surface area contributed by atoms with Gasteiger partial charge in [-0.1, -0.05) is 12.1 Å². The number of benzene rings is 1. The van der Waals surface area contributed by atoms with E-state index in [1.807, 2.05) is 6.07 Å². The van der Waals surface area contributed by atoms with Crippen LogP contribution in [0.5, 0.6) is 0 Å². The van der Waals surface area contributed by atoms with Gasteiger partial charge in [0.05, 0.1) is 17.3 Å². The van der Waals surface area contributed by atoms with E-state index in [4.69, 9.17) is 0 Å². The Bertz CT molecular complexity index is 569. The summed E-state index contributed by atoms with van der Waals surface area (Å²) in [5, 5.41) is 2.72. The van der Waals surface area contributed by atoms with Crippen LogP contribution in [0.4, 0.5) is 4.39 Å². The standard InChI is InChI=1S/C14H12BrFN2O/c1-9(12-7-2-3-8-17-12)18-14(19)13-10(15)5-4-6-11(13)16/h2-9H,1H3,(H,18,19). The first-order valence-corrected chi connectivity index (χ1v) is 6.54. The van der Waals surface area contributed by atoms with Crippen LogP contribution in [0.2, 0.25) is 0 Å².